The van der Waals surface area contributed by atoms with Crippen LogP contribution in [-0.4, -0.2) is 46.3 Å². The van der Waals surface area contributed by atoms with E-state index in [9.17, 15) is 22.8 Å². The van der Waals surface area contributed by atoms with Gasteiger partial charge in [-0.3, -0.25) is 4.79 Å². The van der Waals surface area contributed by atoms with Crippen molar-refractivity contribution in [2.45, 2.75) is 57.5 Å². The van der Waals surface area contributed by atoms with Crippen molar-refractivity contribution in [3.8, 4) is 0 Å². The molecule has 1 aliphatic rings. The molecule has 1 aliphatic heterocycles. The summed E-state index contributed by atoms with van der Waals surface area (Å²) in [6, 6.07) is -0.297. The molecular formula is C16H21F3N4O4. The molecule has 1 saturated heterocycles. The first-order valence-electron chi connectivity index (χ1n) is 8.25. The van der Waals surface area contributed by atoms with E-state index in [2.05, 4.69) is 20.6 Å². The monoisotopic (exact) mass is 390 g/mol. The lowest BCUT2D eigenvalue weighted by Crippen LogP contribution is -2.47. The predicted octanol–water partition coefficient (Wildman–Crippen LogP) is 2.51. The number of anilines is 1. The van der Waals surface area contributed by atoms with E-state index in [1.165, 1.54) is 0 Å². The minimum Gasteiger partial charge on any atom is -0.444 e. The van der Waals surface area contributed by atoms with Crippen LogP contribution in [0.2, 0.25) is 0 Å². The Hall–Kier alpha value is -2.43. The summed E-state index contributed by atoms with van der Waals surface area (Å²) in [4.78, 5) is 30.6. The molecule has 0 aromatic carbocycles. The minimum atomic E-state index is -4.60. The van der Waals surface area contributed by atoms with Crippen molar-refractivity contribution in [2.24, 2.45) is 0 Å². The normalized spacial score (nSPS) is 20.7. The van der Waals surface area contributed by atoms with E-state index in [1.807, 2.05) is 0 Å². The number of rotatable bonds is 3. The van der Waals surface area contributed by atoms with Gasteiger partial charge in [0.1, 0.15) is 11.7 Å². The van der Waals surface area contributed by atoms with E-state index in [4.69, 9.17) is 9.47 Å². The fourth-order valence-corrected chi connectivity index (χ4v) is 2.29. The first kappa shape index (κ1) is 20.9. The zero-order valence-electron chi connectivity index (χ0n) is 15.1. The highest BCUT2D eigenvalue weighted by Crippen LogP contribution is 2.27. The van der Waals surface area contributed by atoms with Gasteiger partial charge in [0.15, 0.2) is 11.5 Å². The van der Waals surface area contributed by atoms with Crippen LogP contribution in [0.5, 0.6) is 0 Å². The molecule has 0 aliphatic carbocycles. The number of carbonyl (C=O) groups is 2. The molecule has 11 heteroatoms. The molecule has 2 rings (SSSR count). The number of hydrogen-bond donors (Lipinski definition) is 2. The summed E-state index contributed by atoms with van der Waals surface area (Å²) >= 11 is 0. The summed E-state index contributed by atoms with van der Waals surface area (Å²) in [5, 5.41) is 5.02. The third kappa shape index (κ3) is 6.66. The highest BCUT2D eigenvalue weighted by Gasteiger charge is 2.33. The molecule has 0 bridgehead atoms. The van der Waals surface area contributed by atoms with Crippen molar-refractivity contribution < 1.29 is 32.2 Å². The molecule has 8 nitrogen and oxygen atoms in total. The van der Waals surface area contributed by atoms with Crippen LogP contribution in [0.4, 0.5) is 23.8 Å². The first-order valence-corrected chi connectivity index (χ1v) is 8.25. The summed E-state index contributed by atoms with van der Waals surface area (Å²) in [5.74, 6) is -0.648. The average Bonchev–Trinajstić information content (AvgIpc) is 2.53. The second kappa shape index (κ2) is 8.07. The van der Waals surface area contributed by atoms with Crippen LogP contribution in [0.3, 0.4) is 0 Å². The van der Waals surface area contributed by atoms with Gasteiger partial charge >= 0.3 is 12.3 Å². The molecular weight excluding hydrogens is 369 g/mol. The highest BCUT2D eigenvalue weighted by atomic mass is 19.4. The van der Waals surface area contributed by atoms with E-state index in [-0.39, 0.29) is 18.5 Å². The molecule has 2 N–H and O–H groups in total. The van der Waals surface area contributed by atoms with Crippen LogP contribution in [0.25, 0.3) is 0 Å². The molecule has 150 valence electrons. The van der Waals surface area contributed by atoms with Gasteiger partial charge in [-0.15, -0.1) is 0 Å². The highest BCUT2D eigenvalue weighted by molar-refractivity contribution is 5.93. The van der Waals surface area contributed by atoms with E-state index in [0.29, 0.717) is 19.0 Å². The van der Waals surface area contributed by atoms with Crippen molar-refractivity contribution in [3.63, 3.8) is 0 Å². The lowest BCUT2D eigenvalue weighted by Gasteiger charge is -2.29. The van der Waals surface area contributed by atoms with E-state index >= 15 is 0 Å². The predicted molar refractivity (Wildman–Crippen MR) is 87.8 cm³/mol. The van der Waals surface area contributed by atoms with Crippen molar-refractivity contribution in [2.75, 3.05) is 11.9 Å². The Bertz CT molecular complexity index is 666. The number of alkyl carbamates (subject to hydrolysis) is 1. The molecule has 2 amide bonds. The Balaban J connectivity index is 1.80. The second-order valence-electron chi connectivity index (χ2n) is 7.02. The molecule has 1 aromatic rings. The van der Waals surface area contributed by atoms with Gasteiger partial charge in [-0.05, 0) is 33.6 Å². The number of hydrogen-bond acceptors (Lipinski definition) is 6. The van der Waals surface area contributed by atoms with Crippen molar-refractivity contribution >= 4 is 17.8 Å². The van der Waals surface area contributed by atoms with Crippen LogP contribution < -0.4 is 10.6 Å². The number of nitrogens with zero attached hydrogens (tertiary/aromatic N) is 2. The molecule has 1 fully saturated rings. The molecule has 1 aromatic heterocycles. The Morgan fingerprint density at radius 1 is 1.19 bits per heavy atom. The number of aromatic nitrogens is 2. The summed E-state index contributed by atoms with van der Waals surface area (Å²) in [6.45, 7) is 5.34. The smallest absolute Gasteiger partial charge is 0.434 e. The minimum absolute atomic E-state index is 0.106. The maximum absolute atomic E-state index is 12.4. The number of ether oxygens (including phenoxy) is 2. The largest absolute Gasteiger partial charge is 0.444 e. The zero-order chi connectivity index (χ0) is 20.2. The van der Waals surface area contributed by atoms with E-state index in [1.54, 1.807) is 20.8 Å². The quantitative estimate of drug-likeness (QED) is 0.822. The number of halogens is 3. The van der Waals surface area contributed by atoms with Gasteiger partial charge in [0.05, 0.1) is 25.0 Å². The van der Waals surface area contributed by atoms with Crippen molar-refractivity contribution in [3.05, 3.63) is 18.1 Å². The topological polar surface area (TPSA) is 102 Å². The molecule has 2 heterocycles. The molecule has 0 saturated carbocycles. The van der Waals surface area contributed by atoms with Gasteiger partial charge in [-0.2, -0.15) is 13.2 Å². The summed E-state index contributed by atoms with van der Waals surface area (Å²) in [7, 11) is 0. The summed E-state index contributed by atoms with van der Waals surface area (Å²) in [5.41, 5.74) is -1.77. The molecule has 27 heavy (non-hydrogen) atoms. The first-order chi connectivity index (χ1) is 12.4. The molecule has 0 radical (unpaired) electrons. The van der Waals surface area contributed by atoms with Crippen LogP contribution >= 0.6 is 0 Å². The standard InChI is InChI=1S/C16H21F3N4O4/c1-15(2,3)27-14(25)22-9-4-5-10(26-8-9)13(24)23-12-7-20-11(6-21-12)16(17,18)19/h6-7,9-10H,4-5,8H2,1-3H3,(H,22,25)(H,21,23,24)/t9-,10+/m1/s1. The van der Waals surface area contributed by atoms with Gasteiger partial charge in [0.25, 0.3) is 5.91 Å². The van der Waals surface area contributed by atoms with Crippen LogP contribution in [0, 0.1) is 0 Å². The van der Waals surface area contributed by atoms with Gasteiger partial charge in [-0.1, -0.05) is 0 Å². The Morgan fingerprint density at radius 3 is 2.37 bits per heavy atom. The number of carbonyl (C=O) groups excluding carboxylic acids is 2. The van der Waals surface area contributed by atoms with Gasteiger partial charge in [0, 0.05) is 0 Å². The van der Waals surface area contributed by atoms with Gasteiger partial charge in [-0.25, -0.2) is 14.8 Å². The van der Waals surface area contributed by atoms with Crippen LogP contribution in [0.15, 0.2) is 12.4 Å². The molecule has 0 unspecified atom stereocenters. The van der Waals surface area contributed by atoms with Gasteiger partial charge in [0.2, 0.25) is 0 Å². The van der Waals surface area contributed by atoms with Gasteiger partial charge < -0.3 is 20.1 Å². The Kier molecular flexibility index (Phi) is 6.24. The van der Waals surface area contributed by atoms with Crippen molar-refractivity contribution in [1.29, 1.82) is 0 Å². The Labute approximate surface area is 153 Å². The molecule has 0 spiro atoms. The third-order valence-electron chi connectivity index (χ3n) is 3.48. The lowest BCUT2D eigenvalue weighted by atomic mass is 10.0. The SMILES string of the molecule is CC(C)(C)OC(=O)N[C@@H]1CC[C@@H](C(=O)Nc2cnc(C(F)(F)F)cn2)OC1. The summed E-state index contributed by atoms with van der Waals surface area (Å²) in [6.07, 6.45) is -3.80. The van der Waals surface area contributed by atoms with E-state index in [0.717, 1.165) is 6.20 Å². The van der Waals surface area contributed by atoms with E-state index < -0.39 is 35.6 Å². The molecule has 2 atom stereocenters. The van der Waals surface area contributed by atoms with Crippen molar-refractivity contribution in [1.82, 2.24) is 15.3 Å². The fourth-order valence-electron chi connectivity index (χ4n) is 2.29. The summed E-state index contributed by atoms with van der Waals surface area (Å²) < 4.78 is 47.9. The fraction of sp³-hybridized carbons (Fsp3) is 0.625. The third-order valence-corrected chi connectivity index (χ3v) is 3.48. The average molecular weight is 390 g/mol. The number of nitrogens with one attached hydrogen (secondary N) is 2. The van der Waals surface area contributed by atoms with Crippen LogP contribution in [-0.2, 0) is 20.4 Å². The van der Waals surface area contributed by atoms with Crippen LogP contribution in [0.1, 0.15) is 39.3 Å². The second-order valence-corrected chi connectivity index (χ2v) is 7.02. The Morgan fingerprint density at radius 2 is 1.89 bits per heavy atom. The number of alkyl halides is 3. The lowest BCUT2D eigenvalue weighted by molar-refractivity contribution is -0.141. The maximum Gasteiger partial charge on any atom is 0.434 e. The zero-order valence-corrected chi connectivity index (χ0v) is 15.1. The maximum atomic E-state index is 12.4. The number of amides is 2.